The normalized spacial score (nSPS) is 12.9. The van der Waals surface area contributed by atoms with E-state index in [9.17, 15) is 4.79 Å². The summed E-state index contributed by atoms with van der Waals surface area (Å²) in [5.41, 5.74) is 0.425. The molecule has 6 heteroatoms. The molecule has 3 N–H and O–H groups in total. The molecule has 1 aromatic rings. The number of rotatable bonds is 4. The number of amides is 1. The number of nitrogens with one attached hydrogen (secondary N) is 3. The van der Waals surface area contributed by atoms with E-state index in [0.717, 1.165) is 5.69 Å². The zero-order chi connectivity index (χ0) is 12.9. The Kier molecular flexibility index (Phi) is 4.37. The fourth-order valence-corrected chi connectivity index (χ4v) is 1.22. The van der Waals surface area contributed by atoms with Crippen molar-refractivity contribution in [2.75, 3.05) is 11.9 Å². The van der Waals surface area contributed by atoms with Gasteiger partial charge in [-0.3, -0.25) is 5.10 Å². The lowest BCUT2D eigenvalue weighted by Gasteiger charge is -2.21. The Bertz CT molecular complexity index is 343. The Balaban J connectivity index is 2.24. The zero-order valence-electron chi connectivity index (χ0n) is 10.7. The number of H-pyrrole nitrogens is 1. The third-order valence-corrected chi connectivity index (χ3v) is 1.86. The number of nitrogens with zero attached hydrogens (tertiary/aromatic N) is 1. The predicted octanol–water partition coefficient (Wildman–Crippen LogP) is 1.73. The highest BCUT2D eigenvalue weighted by molar-refractivity contribution is 5.67. The highest BCUT2D eigenvalue weighted by Crippen LogP contribution is 2.07. The van der Waals surface area contributed by atoms with E-state index < -0.39 is 11.7 Å². The first-order chi connectivity index (χ1) is 7.87. The average molecular weight is 240 g/mol. The number of aromatic amines is 1. The molecule has 0 saturated carbocycles. The van der Waals surface area contributed by atoms with Crippen molar-refractivity contribution in [2.45, 2.75) is 39.3 Å². The van der Waals surface area contributed by atoms with Gasteiger partial charge in [0.1, 0.15) is 5.60 Å². The number of carbonyl (C=O) groups is 1. The lowest BCUT2D eigenvalue weighted by atomic mass is 10.2. The van der Waals surface area contributed by atoms with Crippen molar-refractivity contribution in [3.05, 3.63) is 12.4 Å². The van der Waals surface area contributed by atoms with Crippen LogP contribution in [0.4, 0.5) is 10.5 Å². The van der Waals surface area contributed by atoms with Gasteiger partial charge in [0.15, 0.2) is 0 Å². The molecule has 17 heavy (non-hydrogen) atoms. The molecule has 0 spiro atoms. The van der Waals surface area contributed by atoms with Gasteiger partial charge < -0.3 is 15.4 Å². The highest BCUT2D eigenvalue weighted by Gasteiger charge is 2.16. The molecule has 1 aromatic heterocycles. The first-order valence-electron chi connectivity index (χ1n) is 5.59. The first-order valence-corrected chi connectivity index (χ1v) is 5.59. The van der Waals surface area contributed by atoms with Crippen LogP contribution in [0.15, 0.2) is 12.4 Å². The third-order valence-electron chi connectivity index (χ3n) is 1.86. The fraction of sp³-hybridized carbons (Fsp3) is 0.636. The summed E-state index contributed by atoms with van der Waals surface area (Å²) in [6.45, 7) is 7.95. The molecule has 1 unspecified atom stereocenters. The molecule has 0 bridgehead atoms. The van der Waals surface area contributed by atoms with E-state index in [-0.39, 0.29) is 6.04 Å². The second-order valence-electron chi connectivity index (χ2n) is 4.92. The van der Waals surface area contributed by atoms with E-state index in [4.69, 9.17) is 4.74 Å². The lowest BCUT2D eigenvalue weighted by molar-refractivity contribution is 0.0526. The summed E-state index contributed by atoms with van der Waals surface area (Å²) in [5.74, 6) is 0. The Labute approximate surface area is 101 Å². The molecule has 6 nitrogen and oxygen atoms in total. The van der Waals surface area contributed by atoms with Crippen LogP contribution in [0.3, 0.4) is 0 Å². The number of ether oxygens (including phenoxy) is 1. The second kappa shape index (κ2) is 5.56. The van der Waals surface area contributed by atoms with Crippen molar-refractivity contribution in [3.8, 4) is 0 Å². The molecule has 0 radical (unpaired) electrons. The smallest absolute Gasteiger partial charge is 0.407 e. The van der Waals surface area contributed by atoms with Gasteiger partial charge in [-0.25, -0.2) is 4.79 Å². The van der Waals surface area contributed by atoms with Crippen LogP contribution < -0.4 is 10.6 Å². The van der Waals surface area contributed by atoms with Crippen molar-refractivity contribution >= 4 is 11.8 Å². The minimum Gasteiger partial charge on any atom is -0.444 e. The molecular weight excluding hydrogens is 220 g/mol. The largest absolute Gasteiger partial charge is 0.444 e. The molecule has 1 heterocycles. The monoisotopic (exact) mass is 240 g/mol. The Morgan fingerprint density at radius 1 is 1.59 bits per heavy atom. The molecular formula is C11H20N4O2. The van der Waals surface area contributed by atoms with Crippen molar-refractivity contribution in [3.63, 3.8) is 0 Å². The van der Waals surface area contributed by atoms with Gasteiger partial charge in [0, 0.05) is 18.8 Å². The molecule has 1 rings (SSSR count). The van der Waals surface area contributed by atoms with Gasteiger partial charge in [-0.1, -0.05) is 0 Å². The number of hydrogen-bond acceptors (Lipinski definition) is 4. The van der Waals surface area contributed by atoms with E-state index in [2.05, 4.69) is 20.8 Å². The minimum atomic E-state index is -0.467. The number of alkyl carbamates (subject to hydrolysis) is 1. The van der Waals surface area contributed by atoms with Gasteiger partial charge in [0.05, 0.1) is 11.9 Å². The van der Waals surface area contributed by atoms with Crippen LogP contribution in [-0.4, -0.2) is 34.5 Å². The summed E-state index contributed by atoms with van der Waals surface area (Å²) in [6, 6.07) is 0.0973. The first kappa shape index (κ1) is 13.3. The van der Waals surface area contributed by atoms with Gasteiger partial charge in [-0.2, -0.15) is 5.10 Å². The maximum Gasteiger partial charge on any atom is 0.407 e. The zero-order valence-corrected chi connectivity index (χ0v) is 10.7. The second-order valence-corrected chi connectivity index (χ2v) is 4.92. The highest BCUT2D eigenvalue weighted by atomic mass is 16.6. The van der Waals surface area contributed by atoms with Crippen LogP contribution in [0.2, 0.25) is 0 Å². The van der Waals surface area contributed by atoms with E-state index in [1.165, 1.54) is 0 Å². The van der Waals surface area contributed by atoms with Crippen LogP contribution in [0.1, 0.15) is 27.7 Å². The fourth-order valence-electron chi connectivity index (χ4n) is 1.22. The molecule has 96 valence electrons. The predicted molar refractivity (Wildman–Crippen MR) is 65.9 cm³/mol. The van der Waals surface area contributed by atoms with E-state index in [1.54, 1.807) is 12.4 Å². The maximum absolute atomic E-state index is 11.4. The van der Waals surface area contributed by atoms with Crippen LogP contribution in [0.5, 0.6) is 0 Å². The van der Waals surface area contributed by atoms with Gasteiger partial charge in [0.25, 0.3) is 0 Å². The van der Waals surface area contributed by atoms with Crippen LogP contribution >= 0.6 is 0 Å². The lowest BCUT2D eigenvalue weighted by Crippen LogP contribution is -2.38. The molecule has 0 fully saturated rings. The van der Waals surface area contributed by atoms with Gasteiger partial charge in [-0.15, -0.1) is 0 Å². The van der Waals surface area contributed by atoms with E-state index >= 15 is 0 Å². The van der Waals surface area contributed by atoms with Crippen molar-refractivity contribution in [1.82, 2.24) is 15.5 Å². The number of hydrogen-bond donors (Lipinski definition) is 3. The topological polar surface area (TPSA) is 79.0 Å². The summed E-state index contributed by atoms with van der Waals surface area (Å²) >= 11 is 0. The summed E-state index contributed by atoms with van der Waals surface area (Å²) in [7, 11) is 0. The number of anilines is 1. The van der Waals surface area contributed by atoms with Crippen LogP contribution in [0, 0.1) is 0 Å². The Morgan fingerprint density at radius 2 is 2.29 bits per heavy atom. The number of aromatic nitrogens is 2. The van der Waals surface area contributed by atoms with E-state index in [0.29, 0.717) is 6.54 Å². The van der Waals surface area contributed by atoms with Crippen molar-refractivity contribution in [2.24, 2.45) is 0 Å². The molecule has 0 aliphatic rings. The summed E-state index contributed by atoms with van der Waals surface area (Å²) in [6.07, 6.45) is 3.03. The third kappa shape index (κ3) is 5.79. The SMILES string of the molecule is CC(CNC(=O)OC(C)(C)C)Nc1cn[nH]c1. The molecule has 0 aliphatic heterocycles. The maximum atomic E-state index is 11.4. The molecule has 1 amide bonds. The van der Waals surface area contributed by atoms with Gasteiger partial charge >= 0.3 is 6.09 Å². The summed E-state index contributed by atoms with van der Waals surface area (Å²) < 4.78 is 5.13. The molecule has 1 atom stereocenters. The number of carbonyl (C=O) groups excluding carboxylic acids is 1. The van der Waals surface area contributed by atoms with Gasteiger partial charge in [0.2, 0.25) is 0 Å². The average Bonchev–Trinajstić information content (AvgIpc) is 2.64. The van der Waals surface area contributed by atoms with Crippen molar-refractivity contribution < 1.29 is 9.53 Å². The van der Waals surface area contributed by atoms with E-state index in [1.807, 2.05) is 27.7 Å². The quantitative estimate of drug-likeness (QED) is 0.749. The molecule has 0 saturated heterocycles. The van der Waals surface area contributed by atoms with Crippen molar-refractivity contribution in [1.29, 1.82) is 0 Å². The Hall–Kier alpha value is -1.72. The summed E-state index contributed by atoms with van der Waals surface area (Å²) in [5, 5.41) is 12.4. The Morgan fingerprint density at radius 3 is 2.82 bits per heavy atom. The standard InChI is InChI=1S/C11H20N4O2/c1-8(15-9-6-13-14-7-9)5-12-10(16)17-11(2,3)4/h6-8,15H,5H2,1-4H3,(H,12,16)(H,13,14). The molecule has 0 aromatic carbocycles. The molecule has 0 aliphatic carbocycles. The van der Waals surface area contributed by atoms with Gasteiger partial charge in [-0.05, 0) is 27.7 Å². The van der Waals surface area contributed by atoms with Crippen LogP contribution in [-0.2, 0) is 4.74 Å². The minimum absolute atomic E-state index is 0.0973. The summed E-state index contributed by atoms with van der Waals surface area (Å²) in [4.78, 5) is 11.4. The van der Waals surface area contributed by atoms with Crippen LogP contribution in [0.25, 0.3) is 0 Å².